The highest BCUT2D eigenvalue weighted by Crippen LogP contribution is 2.28. The van der Waals surface area contributed by atoms with Crippen LogP contribution in [-0.2, 0) is 22.7 Å². The van der Waals surface area contributed by atoms with Gasteiger partial charge in [-0.25, -0.2) is 9.37 Å². The zero-order chi connectivity index (χ0) is 21.8. The fourth-order valence-corrected chi connectivity index (χ4v) is 4.59. The third-order valence-electron chi connectivity index (χ3n) is 6.36. The first-order valence-electron chi connectivity index (χ1n) is 10.7. The minimum absolute atomic E-state index is 0.0455. The second-order valence-electron chi connectivity index (χ2n) is 8.31. The van der Waals surface area contributed by atoms with E-state index in [1.54, 1.807) is 24.5 Å². The van der Waals surface area contributed by atoms with E-state index in [1.807, 2.05) is 0 Å². The van der Waals surface area contributed by atoms with Crippen LogP contribution in [0.2, 0.25) is 0 Å². The van der Waals surface area contributed by atoms with E-state index in [9.17, 15) is 14.0 Å². The van der Waals surface area contributed by atoms with Crippen molar-refractivity contribution < 1.29 is 14.0 Å². The van der Waals surface area contributed by atoms with Crippen molar-refractivity contribution in [3.63, 3.8) is 0 Å². The molecular weight excluding hydrogens is 399 g/mol. The Bertz CT molecular complexity index is 888. The van der Waals surface area contributed by atoms with Gasteiger partial charge in [-0.3, -0.25) is 19.4 Å². The highest BCUT2D eigenvalue weighted by Gasteiger charge is 2.45. The van der Waals surface area contributed by atoms with E-state index in [4.69, 9.17) is 0 Å². The van der Waals surface area contributed by atoms with Crippen molar-refractivity contribution in [1.29, 1.82) is 0 Å². The molecule has 31 heavy (non-hydrogen) atoms. The van der Waals surface area contributed by atoms with Crippen LogP contribution in [0.5, 0.6) is 0 Å². The molecule has 0 spiro atoms. The SMILES string of the molecule is CN1[C@@H](CCC(=O)NCc2ccc(F)cc2)CNC(=O)[C@@H]2[C@H]1CCN2Cc1ncc[nH]1. The molecule has 2 fully saturated rings. The Morgan fingerprint density at radius 2 is 2.13 bits per heavy atom. The average Bonchev–Trinajstić information content (AvgIpc) is 3.40. The number of nitrogens with zero attached hydrogens (tertiary/aromatic N) is 3. The maximum atomic E-state index is 13.0. The topological polar surface area (TPSA) is 93.4 Å². The Morgan fingerprint density at radius 1 is 1.32 bits per heavy atom. The predicted molar refractivity (Wildman–Crippen MR) is 113 cm³/mol. The average molecular weight is 429 g/mol. The third kappa shape index (κ3) is 5.11. The number of H-pyrrole nitrogens is 1. The molecule has 166 valence electrons. The van der Waals surface area contributed by atoms with Gasteiger partial charge in [-0.05, 0) is 37.6 Å². The summed E-state index contributed by atoms with van der Waals surface area (Å²) in [6.45, 7) is 2.36. The van der Waals surface area contributed by atoms with Crippen LogP contribution in [0.4, 0.5) is 4.39 Å². The van der Waals surface area contributed by atoms with Crippen LogP contribution in [-0.4, -0.2) is 69.8 Å². The molecule has 2 aromatic rings. The molecule has 1 aromatic carbocycles. The quantitative estimate of drug-likeness (QED) is 0.612. The molecule has 8 nitrogen and oxygen atoms in total. The number of carbonyl (C=O) groups excluding carboxylic acids is 2. The summed E-state index contributed by atoms with van der Waals surface area (Å²) in [7, 11) is 2.05. The van der Waals surface area contributed by atoms with Gasteiger partial charge in [0.05, 0.1) is 6.54 Å². The molecule has 4 rings (SSSR count). The number of imidazole rings is 1. The summed E-state index contributed by atoms with van der Waals surface area (Å²) in [4.78, 5) is 37.0. The number of nitrogens with one attached hydrogen (secondary N) is 3. The first kappa shape index (κ1) is 21.5. The van der Waals surface area contributed by atoms with Crippen LogP contribution < -0.4 is 10.6 Å². The summed E-state index contributed by atoms with van der Waals surface area (Å²) in [5.41, 5.74) is 0.860. The van der Waals surface area contributed by atoms with Crippen molar-refractivity contribution in [3.05, 3.63) is 53.9 Å². The first-order chi connectivity index (χ1) is 15.0. The van der Waals surface area contributed by atoms with Crippen LogP contribution in [0.3, 0.4) is 0 Å². The zero-order valence-corrected chi connectivity index (χ0v) is 17.7. The number of likely N-dealkylation sites (tertiary alicyclic amines) is 1. The lowest BCUT2D eigenvalue weighted by atomic mass is 10.0. The van der Waals surface area contributed by atoms with E-state index < -0.39 is 0 Å². The standard InChI is InChI=1S/C22H29FN6O2/c1-28-17(6-7-20(30)26-12-15-2-4-16(23)5-3-15)13-27-22(31)21-18(28)8-11-29(21)14-19-24-9-10-25-19/h2-5,9-10,17-18,21H,6-8,11-14H2,1H3,(H,24,25)(H,26,30)(H,27,31)/t17-,18+,21-/m0/s1. The minimum Gasteiger partial charge on any atom is -0.353 e. The van der Waals surface area contributed by atoms with Crippen molar-refractivity contribution in [2.24, 2.45) is 0 Å². The summed E-state index contributed by atoms with van der Waals surface area (Å²) < 4.78 is 13.0. The summed E-state index contributed by atoms with van der Waals surface area (Å²) in [6, 6.07) is 6.10. The van der Waals surface area contributed by atoms with Gasteiger partial charge in [-0.1, -0.05) is 12.1 Å². The Hall–Kier alpha value is -2.78. The molecule has 0 saturated carbocycles. The van der Waals surface area contributed by atoms with Crippen LogP contribution >= 0.6 is 0 Å². The summed E-state index contributed by atoms with van der Waals surface area (Å²) in [6.07, 6.45) is 5.45. The lowest BCUT2D eigenvalue weighted by Crippen LogP contribution is -2.49. The van der Waals surface area contributed by atoms with E-state index in [2.05, 4.69) is 37.4 Å². The fraction of sp³-hybridized carbons (Fsp3) is 0.500. The van der Waals surface area contributed by atoms with Gasteiger partial charge in [0.1, 0.15) is 17.7 Å². The lowest BCUT2D eigenvalue weighted by Gasteiger charge is -2.33. The molecule has 2 saturated heterocycles. The molecule has 2 amide bonds. The number of rotatable bonds is 7. The van der Waals surface area contributed by atoms with E-state index in [0.717, 1.165) is 24.4 Å². The third-order valence-corrected chi connectivity index (χ3v) is 6.36. The van der Waals surface area contributed by atoms with Gasteiger partial charge in [0.15, 0.2) is 0 Å². The molecule has 0 radical (unpaired) electrons. The number of carbonyl (C=O) groups is 2. The molecule has 9 heteroatoms. The van der Waals surface area contributed by atoms with Crippen LogP contribution in [0.25, 0.3) is 0 Å². The van der Waals surface area contributed by atoms with E-state index in [1.165, 1.54) is 12.1 Å². The maximum Gasteiger partial charge on any atom is 0.239 e. The van der Waals surface area contributed by atoms with Crippen molar-refractivity contribution in [2.75, 3.05) is 20.1 Å². The smallest absolute Gasteiger partial charge is 0.239 e. The molecule has 3 heterocycles. The minimum atomic E-state index is -0.290. The maximum absolute atomic E-state index is 13.0. The number of likely N-dealkylation sites (N-methyl/N-ethyl adjacent to an activating group) is 1. The van der Waals surface area contributed by atoms with Gasteiger partial charge >= 0.3 is 0 Å². The van der Waals surface area contributed by atoms with Gasteiger partial charge in [-0.2, -0.15) is 0 Å². The molecular formula is C22H29FN6O2. The molecule has 0 unspecified atom stereocenters. The number of aromatic amines is 1. The van der Waals surface area contributed by atoms with Crippen LogP contribution in [0, 0.1) is 5.82 Å². The number of hydrogen-bond acceptors (Lipinski definition) is 5. The first-order valence-corrected chi connectivity index (χ1v) is 10.7. The van der Waals surface area contributed by atoms with Crippen molar-refractivity contribution in [3.8, 4) is 0 Å². The highest BCUT2D eigenvalue weighted by molar-refractivity contribution is 5.83. The van der Waals surface area contributed by atoms with Crippen molar-refractivity contribution in [1.82, 2.24) is 30.4 Å². The van der Waals surface area contributed by atoms with Crippen LogP contribution in [0.15, 0.2) is 36.7 Å². The molecule has 0 bridgehead atoms. The fourth-order valence-electron chi connectivity index (χ4n) is 4.59. The number of fused-ring (bicyclic) bond motifs is 1. The van der Waals surface area contributed by atoms with Gasteiger partial charge < -0.3 is 15.6 Å². The van der Waals surface area contributed by atoms with Crippen molar-refractivity contribution in [2.45, 2.75) is 50.5 Å². The monoisotopic (exact) mass is 428 g/mol. The van der Waals surface area contributed by atoms with Gasteiger partial charge in [-0.15, -0.1) is 0 Å². The lowest BCUT2D eigenvalue weighted by molar-refractivity contribution is -0.126. The van der Waals surface area contributed by atoms with E-state index >= 15 is 0 Å². The van der Waals surface area contributed by atoms with Crippen LogP contribution in [0.1, 0.15) is 30.7 Å². The summed E-state index contributed by atoms with van der Waals surface area (Å²) >= 11 is 0. The van der Waals surface area contributed by atoms with Crippen molar-refractivity contribution >= 4 is 11.8 Å². The Morgan fingerprint density at radius 3 is 2.87 bits per heavy atom. The Labute approximate surface area is 181 Å². The van der Waals surface area contributed by atoms with Gasteiger partial charge in [0, 0.05) is 50.5 Å². The van der Waals surface area contributed by atoms with Gasteiger partial charge in [0.25, 0.3) is 0 Å². The van der Waals surface area contributed by atoms with E-state index in [-0.39, 0.29) is 35.8 Å². The summed E-state index contributed by atoms with van der Waals surface area (Å²) in [5.74, 6) is 0.566. The molecule has 2 aliphatic rings. The Kier molecular flexibility index (Phi) is 6.62. The second kappa shape index (κ2) is 9.57. The summed E-state index contributed by atoms with van der Waals surface area (Å²) in [5, 5.41) is 5.96. The number of hydrogen-bond donors (Lipinski definition) is 3. The van der Waals surface area contributed by atoms with E-state index in [0.29, 0.717) is 32.5 Å². The molecule has 1 aromatic heterocycles. The largest absolute Gasteiger partial charge is 0.353 e. The molecule has 3 atom stereocenters. The normalized spacial score (nSPS) is 24.5. The number of aromatic nitrogens is 2. The molecule has 2 aliphatic heterocycles. The zero-order valence-electron chi connectivity index (χ0n) is 17.7. The highest BCUT2D eigenvalue weighted by atomic mass is 19.1. The number of halogens is 1. The Balaban J connectivity index is 1.30. The predicted octanol–water partition coefficient (Wildman–Crippen LogP) is 1.02. The molecule has 0 aliphatic carbocycles. The number of benzene rings is 1. The second-order valence-corrected chi connectivity index (χ2v) is 8.31. The molecule has 3 N–H and O–H groups in total. The van der Waals surface area contributed by atoms with Gasteiger partial charge in [0.2, 0.25) is 11.8 Å². The number of amides is 2.